The molecule has 4 heteroatoms. The molecule has 0 heterocycles. The first-order valence-electron chi connectivity index (χ1n) is 7.28. The lowest BCUT2D eigenvalue weighted by molar-refractivity contribution is -0.137. The number of hydrogen-bond acceptors (Lipinski definition) is 3. The topological polar surface area (TPSA) is 55.6 Å². The SMILES string of the molecule is CCN(CC)C(=O)C(C)Oc1ccccc1CC(C)N. The van der Waals surface area contributed by atoms with Crippen LogP contribution in [0.5, 0.6) is 5.75 Å². The van der Waals surface area contributed by atoms with Gasteiger partial charge < -0.3 is 15.4 Å². The fourth-order valence-corrected chi connectivity index (χ4v) is 2.17. The average Bonchev–Trinajstić information content (AvgIpc) is 2.41. The number of carbonyl (C=O) groups is 1. The van der Waals surface area contributed by atoms with Crippen LogP contribution in [0.15, 0.2) is 24.3 Å². The minimum absolute atomic E-state index is 0.0191. The first kappa shape index (κ1) is 16.5. The van der Waals surface area contributed by atoms with E-state index in [2.05, 4.69) is 0 Å². The molecule has 0 aromatic heterocycles. The van der Waals surface area contributed by atoms with Gasteiger partial charge in [-0.3, -0.25) is 4.79 Å². The van der Waals surface area contributed by atoms with Gasteiger partial charge in [0.25, 0.3) is 5.91 Å². The number of para-hydroxylation sites is 1. The quantitative estimate of drug-likeness (QED) is 0.832. The van der Waals surface area contributed by atoms with Gasteiger partial charge in [-0.15, -0.1) is 0 Å². The summed E-state index contributed by atoms with van der Waals surface area (Å²) in [7, 11) is 0. The van der Waals surface area contributed by atoms with Gasteiger partial charge in [0.2, 0.25) is 0 Å². The van der Waals surface area contributed by atoms with Crippen LogP contribution in [-0.4, -0.2) is 36.0 Å². The number of rotatable bonds is 7. The molecule has 0 aliphatic heterocycles. The van der Waals surface area contributed by atoms with Crippen LogP contribution in [0, 0.1) is 0 Å². The summed E-state index contributed by atoms with van der Waals surface area (Å²) in [6.07, 6.45) is 0.256. The van der Waals surface area contributed by atoms with E-state index in [1.807, 2.05) is 45.0 Å². The predicted octanol–water partition coefficient (Wildman–Crippen LogP) is 2.21. The normalized spacial score (nSPS) is 13.7. The smallest absolute Gasteiger partial charge is 0.263 e. The summed E-state index contributed by atoms with van der Waals surface area (Å²) < 4.78 is 5.85. The molecule has 0 spiro atoms. The Morgan fingerprint density at radius 3 is 2.40 bits per heavy atom. The van der Waals surface area contributed by atoms with Crippen molar-refractivity contribution in [3.05, 3.63) is 29.8 Å². The van der Waals surface area contributed by atoms with E-state index in [1.165, 1.54) is 0 Å². The minimum Gasteiger partial charge on any atom is -0.481 e. The van der Waals surface area contributed by atoms with E-state index in [4.69, 9.17) is 10.5 Å². The second-order valence-corrected chi connectivity index (χ2v) is 5.06. The van der Waals surface area contributed by atoms with Crippen LogP contribution >= 0.6 is 0 Å². The van der Waals surface area contributed by atoms with E-state index >= 15 is 0 Å². The fourth-order valence-electron chi connectivity index (χ4n) is 2.17. The Labute approximate surface area is 121 Å². The highest BCUT2D eigenvalue weighted by molar-refractivity contribution is 5.80. The third-order valence-corrected chi connectivity index (χ3v) is 3.24. The lowest BCUT2D eigenvalue weighted by Crippen LogP contribution is -2.40. The van der Waals surface area contributed by atoms with Crippen molar-refractivity contribution in [1.29, 1.82) is 0 Å². The lowest BCUT2D eigenvalue weighted by atomic mass is 10.1. The van der Waals surface area contributed by atoms with Gasteiger partial charge in [0.05, 0.1) is 0 Å². The number of ether oxygens (including phenoxy) is 1. The van der Waals surface area contributed by atoms with Crippen molar-refractivity contribution in [3.63, 3.8) is 0 Å². The van der Waals surface area contributed by atoms with Crippen LogP contribution in [0.25, 0.3) is 0 Å². The molecule has 0 aliphatic rings. The molecule has 0 radical (unpaired) electrons. The van der Waals surface area contributed by atoms with E-state index < -0.39 is 6.10 Å². The average molecular weight is 278 g/mol. The maximum absolute atomic E-state index is 12.2. The van der Waals surface area contributed by atoms with Crippen LogP contribution in [0.2, 0.25) is 0 Å². The lowest BCUT2D eigenvalue weighted by Gasteiger charge is -2.24. The zero-order chi connectivity index (χ0) is 15.1. The maximum Gasteiger partial charge on any atom is 0.263 e. The number of likely N-dealkylation sites (N-methyl/N-ethyl adjacent to an activating group) is 1. The molecule has 1 rings (SSSR count). The molecule has 2 atom stereocenters. The van der Waals surface area contributed by atoms with Gasteiger partial charge in [0, 0.05) is 19.1 Å². The van der Waals surface area contributed by atoms with Gasteiger partial charge in [-0.05, 0) is 45.7 Å². The summed E-state index contributed by atoms with van der Waals surface area (Å²) in [6, 6.07) is 7.82. The molecule has 112 valence electrons. The second kappa shape index (κ2) is 7.90. The van der Waals surface area contributed by atoms with Gasteiger partial charge in [0.15, 0.2) is 6.10 Å². The Balaban J connectivity index is 2.79. The van der Waals surface area contributed by atoms with Gasteiger partial charge in [0.1, 0.15) is 5.75 Å². The molecule has 0 saturated carbocycles. The molecule has 0 aliphatic carbocycles. The third kappa shape index (κ3) is 4.53. The molecule has 2 unspecified atom stereocenters. The summed E-state index contributed by atoms with van der Waals surface area (Å²) in [5, 5.41) is 0. The molecule has 1 aromatic carbocycles. The Bertz CT molecular complexity index is 428. The molecule has 0 bridgehead atoms. The fraction of sp³-hybridized carbons (Fsp3) is 0.562. The van der Waals surface area contributed by atoms with Gasteiger partial charge in [-0.1, -0.05) is 18.2 Å². The Morgan fingerprint density at radius 1 is 1.25 bits per heavy atom. The van der Waals surface area contributed by atoms with E-state index in [1.54, 1.807) is 11.8 Å². The Morgan fingerprint density at radius 2 is 1.85 bits per heavy atom. The molecule has 20 heavy (non-hydrogen) atoms. The Hall–Kier alpha value is -1.55. The number of benzene rings is 1. The molecule has 4 nitrogen and oxygen atoms in total. The number of nitrogens with two attached hydrogens (primary N) is 1. The highest BCUT2D eigenvalue weighted by Crippen LogP contribution is 2.21. The van der Waals surface area contributed by atoms with Crippen LogP contribution in [-0.2, 0) is 11.2 Å². The van der Waals surface area contributed by atoms with Crippen LogP contribution < -0.4 is 10.5 Å². The molecular formula is C16H26N2O2. The minimum atomic E-state index is -0.482. The number of amides is 1. The van der Waals surface area contributed by atoms with E-state index in [-0.39, 0.29) is 11.9 Å². The van der Waals surface area contributed by atoms with E-state index in [0.29, 0.717) is 13.1 Å². The van der Waals surface area contributed by atoms with E-state index in [9.17, 15) is 4.79 Å². The monoisotopic (exact) mass is 278 g/mol. The zero-order valence-electron chi connectivity index (χ0n) is 12.9. The van der Waals surface area contributed by atoms with Gasteiger partial charge >= 0.3 is 0 Å². The molecule has 0 saturated heterocycles. The van der Waals surface area contributed by atoms with Crippen molar-refractivity contribution in [3.8, 4) is 5.75 Å². The van der Waals surface area contributed by atoms with Crippen molar-refractivity contribution >= 4 is 5.91 Å². The number of carbonyl (C=O) groups excluding carboxylic acids is 1. The predicted molar refractivity (Wildman–Crippen MR) is 81.8 cm³/mol. The second-order valence-electron chi connectivity index (χ2n) is 5.06. The summed E-state index contributed by atoms with van der Waals surface area (Å²) in [5.74, 6) is 0.767. The van der Waals surface area contributed by atoms with Crippen molar-refractivity contribution in [2.24, 2.45) is 5.73 Å². The van der Waals surface area contributed by atoms with Gasteiger partial charge in [-0.25, -0.2) is 0 Å². The Kier molecular flexibility index (Phi) is 6.52. The first-order chi connectivity index (χ1) is 9.49. The van der Waals surface area contributed by atoms with E-state index in [0.717, 1.165) is 17.7 Å². The highest BCUT2D eigenvalue weighted by Gasteiger charge is 2.20. The van der Waals surface area contributed by atoms with Crippen molar-refractivity contribution in [2.45, 2.75) is 46.3 Å². The largest absolute Gasteiger partial charge is 0.481 e. The molecule has 1 amide bonds. The van der Waals surface area contributed by atoms with Crippen LogP contribution in [0.1, 0.15) is 33.3 Å². The van der Waals surface area contributed by atoms with Gasteiger partial charge in [-0.2, -0.15) is 0 Å². The molecular weight excluding hydrogens is 252 g/mol. The first-order valence-corrected chi connectivity index (χ1v) is 7.28. The van der Waals surface area contributed by atoms with Crippen LogP contribution in [0.3, 0.4) is 0 Å². The van der Waals surface area contributed by atoms with Crippen molar-refractivity contribution in [2.75, 3.05) is 13.1 Å². The number of hydrogen-bond donors (Lipinski definition) is 1. The molecule has 0 fully saturated rings. The summed E-state index contributed by atoms with van der Waals surface area (Å²) >= 11 is 0. The summed E-state index contributed by atoms with van der Waals surface area (Å²) in [6.45, 7) is 9.09. The molecule has 1 aromatic rings. The zero-order valence-corrected chi connectivity index (χ0v) is 12.9. The highest BCUT2D eigenvalue weighted by atomic mass is 16.5. The maximum atomic E-state index is 12.2. The summed E-state index contributed by atoms with van der Waals surface area (Å²) in [5.41, 5.74) is 6.89. The third-order valence-electron chi connectivity index (χ3n) is 3.24. The van der Waals surface area contributed by atoms with Crippen molar-refractivity contribution in [1.82, 2.24) is 4.90 Å². The standard InChI is InChI=1S/C16H26N2O2/c1-5-18(6-2)16(19)13(4)20-15-10-8-7-9-14(15)11-12(3)17/h7-10,12-13H,5-6,11,17H2,1-4H3. The number of nitrogens with zero attached hydrogens (tertiary/aromatic N) is 1. The van der Waals surface area contributed by atoms with Crippen LogP contribution in [0.4, 0.5) is 0 Å². The van der Waals surface area contributed by atoms with Crippen molar-refractivity contribution < 1.29 is 9.53 Å². The summed E-state index contributed by atoms with van der Waals surface area (Å²) in [4.78, 5) is 14.0. The molecule has 2 N–H and O–H groups in total.